The van der Waals surface area contributed by atoms with E-state index < -0.39 is 9.75 Å². The van der Waals surface area contributed by atoms with Gasteiger partial charge in [0.2, 0.25) is 5.91 Å². The lowest BCUT2D eigenvalue weighted by Gasteiger charge is -2.28. The quantitative estimate of drug-likeness (QED) is 0.865. The van der Waals surface area contributed by atoms with Gasteiger partial charge in [-0.25, -0.2) is 4.98 Å². The van der Waals surface area contributed by atoms with E-state index >= 15 is 0 Å². The minimum atomic E-state index is -0.967. The molecule has 114 valence electrons. The molecule has 2 heterocycles. The summed E-state index contributed by atoms with van der Waals surface area (Å²) in [5.74, 6) is 0.313. The van der Waals surface area contributed by atoms with Gasteiger partial charge < -0.3 is 15.0 Å². The SMILES string of the molecule is CC1(C(=O)Nc2ccc(N3CCOCC3)cn2)CC1(Cl)Cl. The molecule has 1 unspecified atom stereocenters. The van der Waals surface area contributed by atoms with E-state index in [1.54, 1.807) is 19.2 Å². The van der Waals surface area contributed by atoms with Crippen molar-refractivity contribution in [1.29, 1.82) is 0 Å². The van der Waals surface area contributed by atoms with Crippen LogP contribution in [0.25, 0.3) is 0 Å². The van der Waals surface area contributed by atoms with Crippen molar-refractivity contribution < 1.29 is 9.53 Å². The van der Waals surface area contributed by atoms with Crippen molar-refractivity contribution in [3.63, 3.8) is 0 Å². The second-order valence-corrected chi connectivity index (χ2v) is 7.15. The molecule has 2 fully saturated rings. The summed E-state index contributed by atoms with van der Waals surface area (Å²) in [5.41, 5.74) is 0.290. The molecule has 0 spiro atoms. The minimum Gasteiger partial charge on any atom is -0.378 e. The fourth-order valence-electron chi connectivity index (χ4n) is 2.37. The van der Waals surface area contributed by atoms with Crippen LogP contribution in [0.4, 0.5) is 11.5 Å². The molecule has 0 radical (unpaired) electrons. The van der Waals surface area contributed by atoms with E-state index in [1.165, 1.54) is 0 Å². The molecule has 7 heteroatoms. The van der Waals surface area contributed by atoms with Gasteiger partial charge in [0.05, 0.1) is 30.5 Å². The van der Waals surface area contributed by atoms with Crippen molar-refractivity contribution in [2.24, 2.45) is 5.41 Å². The number of morpholine rings is 1. The zero-order chi connectivity index (χ0) is 15.1. The van der Waals surface area contributed by atoms with Crippen LogP contribution in [0.1, 0.15) is 13.3 Å². The van der Waals surface area contributed by atoms with Crippen LogP contribution in [0, 0.1) is 5.41 Å². The lowest BCUT2D eigenvalue weighted by Crippen LogP contribution is -2.36. The first kappa shape index (κ1) is 14.9. The maximum atomic E-state index is 12.2. The van der Waals surface area contributed by atoms with Gasteiger partial charge in [0.15, 0.2) is 0 Å². The summed E-state index contributed by atoms with van der Waals surface area (Å²) in [5, 5.41) is 2.77. The number of halogens is 2. The van der Waals surface area contributed by atoms with Gasteiger partial charge in [-0.15, -0.1) is 23.2 Å². The fourth-order valence-corrected chi connectivity index (χ4v) is 3.08. The molecular formula is C14H17Cl2N3O2. The molecule has 1 aromatic rings. The van der Waals surface area contributed by atoms with Gasteiger partial charge in [0, 0.05) is 13.1 Å². The molecule has 0 aromatic carbocycles. The highest BCUT2D eigenvalue weighted by Crippen LogP contribution is 2.64. The van der Waals surface area contributed by atoms with E-state index in [-0.39, 0.29) is 5.91 Å². The molecule has 5 nitrogen and oxygen atoms in total. The summed E-state index contributed by atoms with van der Waals surface area (Å²) in [6.07, 6.45) is 2.21. The minimum absolute atomic E-state index is 0.195. The Morgan fingerprint density at radius 3 is 2.57 bits per heavy atom. The Kier molecular flexibility index (Phi) is 3.76. The lowest BCUT2D eigenvalue weighted by molar-refractivity contribution is -0.120. The van der Waals surface area contributed by atoms with Crippen molar-refractivity contribution in [3.8, 4) is 0 Å². The van der Waals surface area contributed by atoms with Crippen molar-refractivity contribution in [2.45, 2.75) is 17.7 Å². The third-order valence-corrected chi connectivity index (χ3v) is 5.23. The third-order valence-electron chi connectivity index (χ3n) is 4.12. The molecule has 1 amide bonds. The summed E-state index contributed by atoms with van der Waals surface area (Å²) in [7, 11) is 0. The highest BCUT2D eigenvalue weighted by Gasteiger charge is 2.67. The molecule has 1 aliphatic heterocycles. The van der Waals surface area contributed by atoms with Crippen molar-refractivity contribution in [1.82, 2.24) is 4.98 Å². The number of alkyl halides is 2. The first-order valence-electron chi connectivity index (χ1n) is 6.90. The van der Waals surface area contributed by atoms with Gasteiger partial charge in [-0.3, -0.25) is 4.79 Å². The maximum Gasteiger partial charge on any atom is 0.234 e. The number of carbonyl (C=O) groups is 1. The first-order chi connectivity index (χ1) is 9.92. The Hall–Kier alpha value is -1.04. The van der Waals surface area contributed by atoms with Crippen molar-refractivity contribution >= 4 is 40.6 Å². The number of aromatic nitrogens is 1. The average molecular weight is 330 g/mol. The molecule has 1 aromatic heterocycles. The van der Waals surface area contributed by atoms with Crippen LogP contribution in [-0.2, 0) is 9.53 Å². The predicted octanol–water partition coefficient (Wildman–Crippen LogP) is 2.44. The molecule has 1 saturated carbocycles. The number of hydrogen-bond acceptors (Lipinski definition) is 4. The number of rotatable bonds is 3. The largest absolute Gasteiger partial charge is 0.378 e. The normalized spacial score (nSPS) is 27.3. The summed E-state index contributed by atoms with van der Waals surface area (Å²) in [4.78, 5) is 18.6. The van der Waals surface area contributed by atoms with Gasteiger partial charge in [0.25, 0.3) is 0 Å². The molecule has 3 rings (SSSR count). The molecule has 21 heavy (non-hydrogen) atoms. The molecule has 2 aliphatic rings. The molecule has 1 saturated heterocycles. The Morgan fingerprint density at radius 2 is 2.05 bits per heavy atom. The van der Waals surface area contributed by atoms with Crippen LogP contribution < -0.4 is 10.2 Å². The van der Waals surface area contributed by atoms with Gasteiger partial charge in [0.1, 0.15) is 10.2 Å². The molecule has 1 N–H and O–H groups in total. The number of hydrogen-bond donors (Lipinski definition) is 1. The fraction of sp³-hybridized carbons (Fsp3) is 0.571. The van der Waals surface area contributed by atoms with E-state index in [1.807, 2.05) is 6.07 Å². The van der Waals surface area contributed by atoms with Crippen LogP contribution in [0.5, 0.6) is 0 Å². The number of anilines is 2. The van der Waals surface area contributed by atoms with Crippen molar-refractivity contribution in [2.75, 3.05) is 36.5 Å². The highest BCUT2D eigenvalue weighted by molar-refractivity contribution is 6.53. The Morgan fingerprint density at radius 1 is 1.38 bits per heavy atom. The summed E-state index contributed by atoms with van der Waals surface area (Å²) in [6, 6.07) is 3.73. The third kappa shape index (κ3) is 2.82. The molecule has 1 aliphatic carbocycles. The first-order valence-corrected chi connectivity index (χ1v) is 7.66. The molecular weight excluding hydrogens is 313 g/mol. The van der Waals surface area contributed by atoms with Crippen molar-refractivity contribution in [3.05, 3.63) is 18.3 Å². The summed E-state index contributed by atoms with van der Waals surface area (Å²) >= 11 is 12.0. The number of ether oxygens (including phenoxy) is 1. The number of carbonyl (C=O) groups excluding carboxylic acids is 1. The van der Waals surface area contributed by atoms with Gasteiger partial charge in [-0.05, 0) is 25.5 Å². The number of nitrogens with zero attached hydrogens (tertiary/aromatic N) is 2. The highest BCUT2D eigenvalue weighted by atomic mass is 35.5. The number of nitrogens with one attached hydrogen (secondary N) is 1. The van der Waals surface area contributed by atoms with E-state index in [9.17, 15) is 4.79 Å². The number of pyridine rings is 1. The average Bonchev–Trinajstić information content (AvgIpc) is 3.01. The maximum absolute atomic E-state index is 12.2. The van der Waals surface area contributed by atoms with E-state index in [2.05, 4.69) is 15.2 Å². The molecule has 1 atom stereocenters. The van der Waals surface area contributed by atoms with Crippen LogP contribution in [-0.4, -0.2) is 41.5 Å². The Labute approximate surface area is 133 Å². The smallest absolute Gasteiger partial charge is 0.234 e. The van der Waals surface area contributed by atoms with Crippen LogP contribution in [0.2, 0.25) is 0 Å². The van der Waals surface area contributed by atoms with Crippen LogP contribution >= 0.6 is 23.2 Å². The standard InChI is InChI=1S/C14H17Cl2N3O2/c1-13(9-14(13,15)16)12(20)18-11-3-2-10(8-17-11)19-4-6-21-7-5-19/h2-3,8H,4-7,9H2,1H3,(H,17,18,20). The molecule has 0 bridgehead atoms. The Bertz CT molecular complexity index is 544. The van der Waals surface area contributed by atoms with Gasteiger partial charge in [-0.2, -0.15) is 0 Å². The van der Waals surface area contributed by atoms with E-state index in [0.29, 0.717) is 12.2 Å². The van der Waals surface area contributed by atoms with Crippen LogP contribution in [0.3, 0.4) is 0 Å². The lowest BCUT2D eigenvalue weighted by atomic mass is 10.1. The zero-order valence-electron chi connectivity index (χ0n) is 11.7. The Balaban J connectivity index is 1.63. The number of amides is 1. The van der Waals surface area contributed by atoms with E-state index in [0.717, 1.165) is 32.0 Å². The monoisotopic (exact) mass is 329 g/mol. The zero-order valence-corrected chi connectivity index (χ0v) is 13.2. The topological polar surface area (TPSA) is 54.5 Å². The summed E-state index contributed by atoms with van der Waals surface area (Å²) < 4.78 is 4.35. The predicted molar refractivity (Wildman–Crippen MR) is 83.1 cm³/mol. The van der Waals surface area contributed by atoms with Crippen LogP contribution in [0.15, 0.2) is 18.3 Å². The second-order valence-electron chi connectivity index (χ2n) is 5.67. The van der Waals surface area contributed by atoms with Gasteiger partial charge in [-0.1, -0.05) is 0 Å². The van der Waals surface area contributed by atoms with E-state index in [4.69, 9.17) is 27.9 Å². The van der Waals surface area contributed by atoms with Gasteiger partial charge >= 0.3 is 0 Å². The summed E-state index contributed by atoms with van der Waals surface area (Å²) in [6.45, 7) is 4.91. The second kappa shape index (κ2) is 5.30.